The fraction of sp³-hybridized carbons (Fsp3) is 0.381. The van der Waals surface area contributed by atoms with Crippen LogP contribution in [0.15, 0.2) is 36.5 Å². The molecule has 28 heavy (non-hydrogen) atoms. The molecule has 0 radical (unpaired) electrons. The van der Waals surface area contributed by atoms with Gasteiger partial charge in [0.05, 0.1) is 13.2 Å². The van der Waals surface area contributed by atoms with E-state index in [0.29, 0.717) is 12.1 Å². The van der Waals surface area contributed by atoms with Crippen molar-refractivity contribution >= 4 is 17.5 Å². The maximum absolute atomic E-state index is 12.6. The van der Waals surface area contributed by atoms with Crippen LogP contribution in [0.4, 0.5) is 5.69 Å². The molecule has 1 aromatic carbocycles. The monoisotopic (exact) mass is 382 g/mol. The number of carbonyl (C=O) groups excluding carboxylic acids is 2. The molecular weight excluding hydrogens is 356 g/mol. The standard InChI is InChI=1S/C21H26N4O3/c1-15-3-4-18(16(2)13-15)24-20(26)17-5-6-22-19(14-17)21(27)23-7-8-25-9-11-28-12-10-25/h3-6,13-14H,7-12H2,1-2H3,(H,23,27)(H,24,26). The number of morpholine rings is 1. The van der Waals surface area contributed by atoms with Crippen LogP contribution in [-0.2, 0) is 4.74 Å². The summed E-state index contributed by atoms with van der Waals surface area (Å²) < 4.78 is 5.31. The Morgan fingerprint density at radius 2 is 1.89 bits per heavy atom. The van der Waals surface area contributed by atoms with E-state index >= 15 is 0 Å². The summed E-state index contributed by atoms with van der Waals surface area (Å²) in [5, 5.41) is 5.75. The van der Waals surface area contributed by atoms with Gasteiger partial charge in [-0.25, -0.2) is 0 Å². The number of aromatic nitrogens is 1. The van der Waals surface area contributed by atoms with Crippen LogP contribution < -0.4 is 10.6 Å². The van der Waals surface area contributed by atoms with E-state index in [1.165, 1.54) is 12.3 Å². The molecular formula is C21H26N4O3. The van der Waals surface area contributed by atoms with Gasteiger partial charge in [0.15, 0.2) is 0 Å². The molecule has 2 heterocycles. The average molecular weight is 382 g/mol. The largest absolute Gasteiger partial charge is 0.379 e. The predicted octanol–water partition coefficient (Wildman–Crippen LogP) is 2.01. The maximum Gasteiger partial charge on any atom is 0.269 e. The Morgan fingerprint density at radius 1 is 1.11 bits per heavy atom. The van der Waals surface area contributed by atoms with Gasteiger partial charge in [-0.1, -0.05) is 17.7 Å². The summed E-state index contributed by atoms with van der Waals surface area (Å²) in [5.41, 5.74) is 3.51. The lowest BCUT2D eigenvalue weighted by Crippen LogP contribution is -2.41. The lowest BCUT2D eigenvalue weighted by molar-refractivity contribution is 0.0383. The first kappa shape index (κ1) is 20.0. The van der Waals surface area contributed by atoms with E-state index in [0.717, 1.165) is 49.7 Å². The van der Waals surface area contributed by atoms with Crippen LogP contribution in [0.5, 0.6) is 0 Å². The van der Waals surface area contributed by atoms with Crippen LogP contribution in [0, 0.1) is 13.8 Å². The number of hydrogen-bond acceptors (Lipinski definition) is 5. The van der Waals surface area contributed by atoms with Gasteiger partial charge >= 0.3 is 0 Å². The first-order chi connectivity index (χ1) is 13.5. The van der Waals surface area contributed by atoms with Crippen LogP contribution in [0.2, 0.25) is 0 Å². The number of ether oxygens (including phenoxy) is 1. The van der Waals surface area contributed by atoms with Crippen molar-refractivity contribution in [1.82, 2.24) is 15.2 Å². The van der Waals surface area contributed by atoms with Crippen LogP contribution >= 0.6 is 0 Å². The molecule has 1 aromatic heterocycles. The number of aryl methyl sites for hydroxylation is 2. The quantitative estimate of drug-likeness (QED) is 0.799. The van der Waals surface area contributed by atoms with Gasteiger partial charge in [0.25, 0.3) is 11.8 Å². The lowest BCUT2D eigenvalue weighted by Gasteiger charge is -2.26. The number of nitrogens with zero attached hydrogens (tertiary/aromatic N) is 2. The third kappa shape index (κ3) is 5.37. The normalized spacial score (nSPS) is 14.5. The minimum absolute atomic E-state index is 0.232. The van der Waals surface area contributed by atoms with Crippen molar-refractivity contribution in [2.75, 3.05) is 44.7 Å². The third-order valence-corrected chi connectivity index (χ3v) is 4.70. The lowest BCUT2D eigenvalue weighted by atomic mass is 10.1. The Labute approximate surface area is 165 Å². The molecule has 148 valence electrons. The summed E-state index contributed by atoms with van der Waals surface area (Å²) in [6.45, 7) is 8.46. The van der Waals surface area contributed by atoms with E-state index in [2.05, 4.69) is 20.5 Å². The first-order valence-electron chi connectivity index (χ1n) is 9.46. The second kappa shape index (κ2) is 9.43. The van der Waals surface area contributed by atoms with E-state index in [1.807, 2.05) is 32.0 Å². The van der Waals surface area contributed by atoms with E-state index < -0.39 is 0 Å². The van der Waals surface area contributed by atoms with Gasteiger partial charge in [-0.2, -0.15) is 0 Å². The molecule has 0 aliphatic carbocycles. The zero-order chi connectivity index (χ0) is 19.9. The summed E-state index contributed by atoms with van der Waals surface area (Å²) in [6, 6.07) is 8.95. The van der Waals surface area contributed by atoms with Crippen molar-refractivity contribution in [3.63, 3.8) is 0 Å². The molecule has 0 spiro atoms. The summed E-state index contributed by atoms with van der Waals surface area (Å²) in [7, 11) is 0. The van der Waals surface area contributed by atoms with E-state index in [4.69, 9.17) is 4.74 Å². The molecule has 3 rings (SSSR count). The van der Waals surface area contributed by atoms with E-state index in [9.17, 15) is 9.59 Å². The number of amides is 2. The summed E-state index contributed by atoms with van der Waals surface area (Å²) in [5.74, 6) is -0.550. The Balaban J connectivity index is 1.57. The minimum Gasteiger partial charge on any atom is -0.379 e. The maximum atomic E-state index is 12.6. The summed E-state index contributed by atoms with van der Waals surface area (Å²) >= 11 is 0. The Hall–Kier alpha value is -2.77. The number of hydrogen-bond donors (Lipinski definition) is 2. The highest BCUT2D eigenvalue weighted by molar-refractivity contribution is 6.06. The SMILES string of the molecule is Cc1ccc(NC(=O)c2ccnc(C(=O)NCCN3CCOCC3)c2)c(C)c1. The molecule has 7 heteroatoms. The summed E-state index contributed by atoms with van der Waals surface area (Å²) in [6.07, 6.45) is 1.48. The minimum atomic E-state index is -0.283. The highest BCUT2D eigenvalue weighted by Gasteiger charge is 2.14. The summed E-state index contributed by atoms with van der Waals surface area (Å²) in [4.78, 5) is 31.3. The predicted molar refractivity (Wildman–Crippen MR) is 108 cm³/mol. The average Bonchev–Trinajstić information content (AvgIpc) is 2.71. The second-order valence-corrected chi connectivity index (χ2v) is 6.91. The first-order valence-corrected chi connectivity index (χ1v) is 9.46. The number of rotatable bonds is 6. The smallest absolute Gasteiger partial charge is 0.269 e. The van der Waals surface area contributed by atoms with Crippen LogP contribution in [0.1, 0.15) is 32.0 Å². The fourth-order valence-electron chi connectivity index (χ4n) is 3.09. The Bertz CT molecular complexity index is 847. The number of pyridine rings is 1. The Morgan fingerprint density at radius 3 is 2.64 bits per heavy atom. The van der Waals surface area contributed by atoms with Crippen molar-refractivity contribution in [3.8, 4) is 0 Å². The van der Waals surface area contributed by atoms with Gasteiger partial charge in [0.1, 0.15) is 5.69 Å². The van der Waals surface area contributed by atoms with E-state index in [1.54, 1.807) is 6.07 Å². The molecule has 1 aliphatic rings. The number of anilines is 1. The van der Waals surface area contributed by atoms with Gasteiger partial charge in [-0.05, 0) is 37.6 Å². The van der Waals surface area contributed by atoms with Gasteiger partial charge in [-0.15, -0.1) is 0 Å². The number of carbonyl (C=O) groups is 2. The van der Waals surface area contributed by atoms with Crippen molar-refractivity contribution in [3.05, 3.63) is 58.9 Å². The molecule has 2 aromatic rings. The molecule has 1 fully saturated rings. The third-order valence-electron chi connectivity index (χ3n) is 4.70. The molecule has 7 nitrogen and oxygen atoms in total. The van der Waals surface area contributed by atoms with Gasteiger partial charge in [0.2, 0.25) is 0 Å². The highest BCUT2D eigenvalue weighted by atomic mass is 16.5. The van der Waals surface area contributed by atoms with Crippen LogP contribution in [0.3, 0.4) is 0 Å². The molecule has 1 aliphatic heterocycles. The van der Waals surface area contributed by atoms with Crippen molar-refractivity contribution in [2.45, 2.75) is 13.8 Å². The zero-order valence-electron chi connectivity index (χ0n) is 16.3. The van der Waals surface area contributed by atoms with Crippen molar-refractivity contribution in [2.24, 2.45) is 0 Å². The molecule has 2 amide bonds. The molecule has 0 unspecified atom stereocenters. The Kier molecular flexibility index (Phi) is 6.73. The number of nitrogens with one attached hydrogen (secondary N) is 2. The second-order valence-electron chi connectivity index (χ2n) is 6.91. The number of benzene rings is 1. The van der Waals surface area contributed by atoms with Crippen molar-refractivity contribution in [1.29, 1.82) is 0 Å². The molecule has 0 bridgehead atoms. The molecule has 0 atom stereocenters. The topological polar surface area (TPSA) is 83.6 Å². The van der Waals surface area contributed by atoms with Gasteiger partial charge in [0, 0.05) is 43.6 Å². The van der Waals surface area contributed by atoms with Gasteiger partial charge in [-0.3, -0.25) is 19.5 Å². The van der Waals surface area contributed by atoms with Crippen LogP contribution in [0.25, 0.3) is 0 Å². The van der Waals surface area contributed by atoms with Gasteiger partial charge < -0.3 is 15.4 Å². The highest BCUT2D eigenvalue weighted by Crippen LogP contribution is 2.17. The van der Waals surface area contributed by atoms with E-state index in [-0.39, 0.29) is 17.5 Å². The van der Waals surface area contributed by atoms with Crippen molar-refractivity contribution < 1.29 is 14.3 Å². The zero-order valence-corrected chi connectivity index (χ0v) is 16.3. The molecule has 0 saturated carbocycles. The molecule has 2 N–H and O–H groups in total. The van der Waals surface area contributed by atoms with Crippen LogP contribution in [-0.4, -0.2) is 61.1 Å². The molecule has 1 saturated heterocycles. The fourth-order valence-corrected chi connectivity index (χ4v) is 3.09.